The first-order chi connectivity index (χ1) is 6.85. The minimum atomic E-state index is -4.55. The maximum atomic E-state index is 12.1. The summed E-state index contributed by atoms with van der Waals surface area (Å²) in [6, 6.07) is 2.89. The number of hydrogen-bond donors (Lipinski definition) is 0. The van der Waals surface area contributed by atoms with Gasteiger partial charge in [-0.1, -0.05) is 0 Å². The Bertz CT molecular complexity index is 495. The highest BCUT2D eigenvalue weighted by molar-refractivity contribution is 7.90. The Kier molecular flexibility index (Phi) is 3.23. The minimum absolute atomic E-state index is 0.505. The lowest BCUT2D eigenvalue weighted by Gasteiger charge is -2.05. The van der Waals surface area contributed by atoms with Crippen LogP contribution in [0.2, 0.25) is 0 Å². The molecule has 1 heterocycles. The Labute approximate surface area is 86.2 Å². The van der Waals surface area contributed by atoms with E-state index in [2.05, 4.69) is 0 Å². The van der Waals surface area contributed by atoms with Crippen molar-refractivity contribution in [2.75, 3.05) is 14.1 Å². The average Bonchev–Trinajstić information content (AvgIpc) is 2.17. The van der Waals surface area contributed by atoms with E-state index in [0.717, 1.165) is 17.8 Å². The van der Waals surface area contributed by atoms with Crippen LogP contribution in [0.25, 0.3) is 0 Å². The second-order valence-corrected chi connectivity index (χ2v) is 4.89. The largest absolute Gasteiger partial charge is 0.355 e. The molecular weight excluding hydrogens is 226 g/mol. The summed E-state index contributed by atoms with van der Waals surface area (Å²) in [5, 5.41) is 0.732. The second-order valence-electron chi connectivity index (χ2n) is 3.09. The van der Waals surface area contributed by atoms with E-state index in [1.165, 1.54) is 12.1 Å². The maximum absolute atomic E-state index is 12.1. The Balaban J connectivity index is 3.28. The minimum Gasteiger partial charge on any atom is -0.248 e. The molecule has 0 aliphatic heterocycles. The van der Waals surface area contributed by atoms with Gasteiger partial charge in [-0.25, -0.2) is 8.55 Å². The van der Waals surface area contributed by atoms with Gasteiger partial charge in [-0.2, -0.15) is 17.2 Å². The summed E-state index contributed by atoms with van der Waals surface area (Å²) in [4.78, 5) is 0. The van der Waals surface area contributed by atoms with E-state index in [0.29, 0.717) is 3.97 Å². The van der Waals surface area contributed by atoms with Crippen LogP contribution in [0.1, 0.15) is 0 Å². The van der Waals surface area contributed by atoms with Crippen molar-refractivity contribution in [2.24, 2.45) is 0 Å². The molecule has 0 aliphatic carbocycles. The summed E-state index contributed by atoms with van der Waals surface area (Å²) in [6.07, 6.45) is 2.19. The molecule has 1 aromatic rings. The third-order valence-corrected chi connectivity index (χ3v) is 3.10. The van der Waals surface area contributed by atoms with E-state index in [1.54, 1.807) is 18.7 Å². The fourth-order valence-corrected chi connectivity index (χ4v) is 1.61. The summed E-state index contributed by atoms with van der Waals surface area (Å²) < 4.78 is 48.5. The van der Waals surface area contributed by atoms with Gasteiger partial charge < -0.3 is 0 Å². The highest BCUT2D eigenvalue weighted by Crippen LogP contribution is 2.07. The molecule has 1 aromatic heterocycles. The SMILES string of the molecule is C[N+](C)=c1ccn(S(=O)(=O)C(F)F)cc1. The average molecular weight is 237 g/mol. The molecule has 15 heavy (non-hydrogen) atoms. The molecule has 0 atom stereocenters. The summed E-state index contributed by atoms with van der Waals surface area (Å²) in [6.45, 7) is 0. The van der Waals surface area contributed by atoms with Crippen molar-refractivity contribution >= 4 is 10.0 Å². The fourth-order valence-electron chi connectivity index (χ4n) is 0.965. The normalized spacial score (nSPS) is 11.8. The highest BCUT2D eigenvalue weighted by Gasteiger charge is 2.24. The summed E-state index contributed by atoms with van der Waals surface area (Å²) >= 11 is 0. The second kappa shape index (κ2) is 4.09. The molecule has 0 amide bonds. The van der Waals surface area contributed by atoms with Crippen molar-refractivity contribution in [3.63, 3.8) is 0 Å². The molecular formula is C8H11F2N2O2S+. The highest BCUT2D eigenvalue weighted by atomic mass is 32.2. The number of pyridine rings is 1. The quantitative estimate of drug-likeness (QED) is 0.675. The number of nitrogens with zero attached hydrogens (tertiary/aromatic N) is 2. The monoisotopic (exact) mass is 237 g/mol. The molecule has 4 nitrogen and oxygen atoms in total. The zero-order valence-electron chi connectivity index (χ0n) is 8.26. The first-order valence-corrected chi connectivity index (χ1v) is 5.57. The van der Waals surface area contributed by atoms with E-state index < -0.39 is 15.8 Å². The smallest absolute Gasteiger partial charge is 0.248 e. The van der Waals surface area contributed by atoms with Crippen molar-refractivity contribution in [3.05, 3.63) is 29.9 Å². The van der Waals surface area contributed by atoms with Crippen LogP contribution in [0.15, 0.2) is 24.5 Å². The molecule has 0 saturated heterocycles. The van der Waals surface area contributed by atoms with Crippen LogP contribution in [0.5, 0.6) is 0 Å². The van der Waals surface area contributed by atoms with Gasteiger partial charge in [0, 0.05) is 24.5 Å². The van der Waals surface area contributed by atoms with Crippen molar-refractivity contribution in [3.8, 4) is 0 Å². The number of halogens is 2. The lowest BCUT2D eigenvalue weighted by molar-refractivity contribution is 0.233. The van der Waals surface area contributed by atoms with Gasteiger partial charge in [0.2, 0.25) is 5.36 Å². The molecule has 0 unspecified atom stereocenters. The van der Waals surface area contributed by atoms with Gasteiger partial charge in [0.1, 0.15) is 14.1 Å². The van der Waals surface area contributed by atoms with Crippen LogP contribution < -0.4 is 9.93 Å². The van der Waals surface area contributed by atoms with Crippen molar-refractivity contribution in [1.29, 1.82) is 0 Å². The summed E-state index contributed by atoms with van der Waals surface area (Å²) in [7, 11) is -1.02. The van der Waals surface area contributed by atoms with Crippen LogP contribution in [0, 0.1) is 0 Å². The first kappa shape index (κ1) is 11.8. The van der Waals surface area contributed by atoms with Gasteiger partial charge in [-0.05, 0) is 0 Å². The van der Waals surface area contributed by atoms with Crippen LogP contribution in [-0.2, 0) is 10.0 Å². The van der Waals surface area contributed by atoms with Gasteiger partial charge >= 0.3 is 15.8 Å². The van der Waals surface area contributed by atoms with E-state index in [1.807, 2.05) is 0 Å². The molecule has 0 saturated carbocycles. The number of alkyl halides is 2. The lowest BCUT2D eigenvalue weighted by atomic mass is 10.5. The van der Waals surface area contributed by atoms with Gasteiger partial charge in [0.25, 0.3) is 0 Å². The van der Waals surface area contributed by atoms with Crippen molar-refractivity contribution < 1.29 is 17.2 Å². The van der Waals surface area contributed by atoms with E-state index in [4.69, 9.17) is 0 Å². The van der Waals surface area contributed by atoms with Crippen LogP contribution in [-0.4, -0.2) is 32.2 Å². The van der Waals surface area contributed by atoms with Crippen molar-refractivity contribution in [2.45, 2.75) is 5.76 Å². The molecule has 0 radical (unpaired) electrons. The van der Waals surface area contributed by atoms with Crippen LogP contribution in [0.4, 0.5) is 8.78 Å². The van der Waals surface area contributed by atoms with E-state index in [9.17, 15) is 17.2 Å². The predicted molar refractivity (Wildman–Crippen MR) is 51.9 cm³/mol. The molecule has 0 bridgehead atoms. The zero-order valence-corrected chi connectivity index (χ0v) is 9.08. The summed E-state index contributed by atoms with van der Waals surface area (Å²) in [5.74, 6) is -3.41. The Morgan fingerprint density at radius 2 is 1.73 bits per heavy atom. The van der Waals surface area contributed by atoms with Gasteiger partial charge in [0.05, 0.1) is 0 Å². The Morgan fingerprint density at radius 1 is 1.27 bits per heavy atom. The first-order valence-electron chi connectivity index (χ1n) is 4.07. The molecule has 0 N–H and O–H groups in total. The number of aromatic nitrogens is 1. The molecule has 1 rings (SSSR count). The Hall–Kier alpha value is -1.24. The predicted octanol–water partition coefficient (Wildman–Crippen LogP) is -0.0796. The maximum Gasteiger partial charge on any atom is 0.355 e. The van der Waals surface area contributed by atoms with Gasteiger partial charge in [-0.15, -0.1) is 0 Å². The van der Waals surface area contributed by atoms with Crippen LogP contribution in [0.3, 0.4) is 0 Å². The van der Waals surface area contributed by atoms with Gasteiger partial charge in [0.15, 0.2) is 0 Å². The molecule has 0 aromatic carbocycles. The van der Waals surface area contributed by atoms with Crippen LogP contribution >= 0.6 is 0 Å². The number of rotatable bonds is 2. The molecule has 0 fully saturated rings. The topological polar surface area (TPSA) is 42.1 Å². The third-order valence-electron chi connectivity index (χ3n) is 1.82. The van der Waals surface area contributed by atoms with E-state index in [-0.39, 0.29) is 0 Å². The molecule has 84 valence electrons. The fraction of sp³-hybridized carbons (Fsp3) is 0.375. The van der Waals surface area contributed by atoms with Gasteiger partial charge in [-0.3, -0.25) is 0 Å². The van der Waals surface area contributed by atoms with Crippen molar-refractivity contribution in [1.82, 2.24) is 8.55 Å². The molecule has 0 spiro atoms. The van der Waals surface area contributed by atoms with E-state index >= 15 is 0 Å². The third kappa shape index (κ3) is 2.41. The Morgan fingerprint density at radius 3 is 2.07 bits per heavy atom. The number of hydrogen-bond acceptors (Lipinski definition) is 2. The summed E-state index contributed by atoms with van der Waals surface area (Å²) in [5.41, 5.74) is 0. The zero-order chi connectivity index (χ0) is 11.6. The molecule has 7 heteroatoms. The lowest BCUT2D eigenvalue weighted by Crippen LogP contribution is -2.25. The molecule has 0 aliphatic rings. The standard InChI is InChI=1S/C8H11F2N2O2S/c1-11(2)7-3-5-12(6-4-7)15(13,14)8(9)10/h3-6,8H,1-2H3/q+1.